The number of aromatic nitrogens is 2. The summed E-state index contributed by atoms with van der Waals surface area (Å²) < 4.78 is 5.88. The summed E-state index contributed by atoms with van der Waals surface area (Å²) in [7, 11) is 6.25. The third kappa shape index (κ3) is 4.03. The SMILES string of the molecule is BC(B)(B)N1C(=O)C2(CCN(CCOc3cnc(C4(CO)CC4)nc3)CC2)c2cc(Cl)ccc21. The lowest BCUT2D eigenvalue weighted by Crippen LogP contribution is -2.57. The average Bonchev–Trinajstić information content (AvgIpc) is 3.57. The molecule has 0 atom stereocenters. The summed E-state index contributed by atoms with van der Waals surface area (Å²) in [6.45, 7) is 3.06. The van der Waals surface area contributed by atoms with Gasteiger partial charge in [-0.05, 0) is 67.8 Å². The quantitative estimate of drug-likeness (QED) is 0.537. The van der Waals surface area contributed by atoms with Gasteiger partial charge in [0.15, 0.2) is 5.75 Å². The van der Waals surface area contributed by atoms with Gasteiger partial charge in [0.1, 0.15) is 36.0 Å². The van der Waals surface area contributed by atoms with Crippen molar-refractivity contribution < 1.29 is 14.6 Å². The number of fused-ring (bicyclic) bond motifs is 2. The molecule has 1 amide bonds. The molecule has 1 saturated heterocycles. The second kappa shape index (κ2) is 8.57. The van der Waals surface area contributed by atoms with Crippen LogP contribution < -0.4 is 9.64 Å². The molecule has 1 aromatic carbocycles. The largest absolute Gasteiger partial charge is 0.489 e. The molecule has 1 spiro atoms. The molecular weight excluding hydrogens is 448 g/mol. The van der Waals surface area contributed by atoms with Gasteiger partial charge in [-0.2, -0.15) is 0 Å². The molecule has 0 radical (unpaired) electrons. The number of nitrogens with zero attached hydrogens (tertiary/aromatic N) is 4. The number of aliphatic hydroxyl groups is 1. The molecule has 176 valence electrons. The number of halogens is 1. The molecule has 1 N–H and O–H groups in total. The van der Waals surface area contributed by atoms with Crippen molar-refractivity contribution in [2.45, 2.75) is 41.8 Å². The molecular formula is C23H30B3ClN4O3. The van der Waals surface area contributed by atoms with Gasteiger partial charge in [0.05, 0.1) is 29.8 Å². The predicted molar refractivity (Wildman–Crippen MR) is 140 cm³/mol. The number of carbonyl (C=O) groups excluding carboxylic acids is 1. The Bertz CT molecular complexity index is 1080. The number of anilines is 1. The molecule has 5 rings (SSSR count). The fourth-order valence-electron chi connectivity index (χ4n) is 5.39. The van der Waals surface area contributed by atoms with Crippen LogP contribution in [0.5, 0.6) is 5.75 Å². The van der Waals surface area contributed by atoms with Crippen molar-refractivity contribution in [1.29, 1.82) is 0 Å². The Hall–Kier alpha value is -2.03. The van der Waals surface area contributed by atoms with Crippen molar-refractivity contribution in [3.05, 3.63) is 47.0 Å². The van der Waals surface area contributed by atoms with Gasteiger partial charge in [0, 0.05) is 17.3 Å². The van der Waals surface area contributed by atoms with E-state index in [2.05, 4.69) is 38.4 Å². The van der Waals surface area contributed by atoms with Crippen molar-refractivity contribution in [2.75, 3.05) is 37.7 Å². The predicted octanol–water partition coefficient (Wildman–Crippen LogP) is -0.576. The number of hydrogen-bond donors (Lipinski definition) is 1. The first-order valence-corrected chi connectivity index (χ1v) is 12.5. The molecule has 11 heteroatoms. The zero-order valence-electron chi connectivity index (χ0n) is 20.2. The molecule has 2 aliphatic heterocycles. The Labute approximate surface area is 208 Å². The molecule has 34 heavy (non-hydrogen) atoms. The maximum atomic E-state index is 13.7. The Morgan fingerprint density at radius 3 is 2.38 bits per heavy atom. The van der Waals surface area contributed by atoms with E-state index >= 15 is 0 Å². The Balaban J connectivity index is 1.20. The highest BCUT2D eigenvalue weighted by atomic mass is 35.5. The first-order valence-electron chi connectivity index (χ1n) is 12.1. The van der Waals surface area contributed by atoms with Crippen LogP contribution in [-0.4, -0.2) is 87.5 Å². The lowest BCUT2D eigenvalue weighted by molar-refractivity contribution is -0.125. The van der Waals surface area contributed by atoms with Crippen molar-refractivity contribution in [2.24, 2.45) is 0 Å². The molecule has 0 unspecified atom stereocenters. The van der Waals surface area contributed by atoms with E-state index in [0.717, 1.165) is 56.6 Å². The van der Waals surface area contributed by atoms with Gasteiger partial charge in [0.2, 0.25) is 5.91 Å². The molecule has 7 nitrogen and oxygen atoms in total. The Kier molecular flexibility index (Phi) is 5.98. The molecule has 1 aromatic heterocycles. The number of likely N-dealkylation sites (tertiary alicyclic amines) is 1. The fourth-order valence-corrected chi connectivity index (χ4v) is 5.57. The van der Waals surface area contributed by atoms with Crippen LogP contribution in [0.4, 0.5) is 5.69 Å². The van der Waals surface area contributed by atoms with Crippen molar-refractivity contribution in [3.63, 3.8) is 0 Å². The number of aliphatic hydroxyl groups excluding tert-OH is 1. The Morgan fingerprint density at radius 2 is 1.79 bits per heavy atom. The number of piperidine rings is 1. The van der Waals surface area contributed by atoms with E-state index in [-0.39, 0.29) is 23.2 Å². The van der Waals surface area contributed by atoms with Gasteiger partial charge in [-0.1, -0.05) is 11.6 Å². The van der Waals surface area contributed by atoms with Crippen molar-refractivity contribution in [3.8, 4) is 5.75 Å². The third-order valence-corrected chi connectivity index (χ3v) is 7.88. The van der Waals surface area contributed by atoms with Gasteiger partial charge in [-0.25, -0.2) is 9.97 Å². The van der Waals surface area contributed by atoms with E-state index in [9.17, 15) is 9.90 Å². The van der Waals surface area contributed by atoms with E-state index in [1.807, 2.05) is 23.1 Å². The van der Waals surface area contributed by atoms with E-state index in [1.165, 1.54) is 0 Å². The van der Waals surface area contributed by atoms with Crippen molar-refractivity contribution >= 4 is 46.7 Å². The maximum Gasteiger partial charge on any atom is 0.236 e. The first kappa shape index (κ1) is 23.7. The minimum Gasteiger partial charge on any atom is -0.489 e. The maximum absolute atomic E-state index is 13.7. The molecule has 3 aliphatic rings. The van der Waals surface area contributed by atoms with Crippen LogP contribution in [0.2, 0.25) is 5.02 Å². The second-order valence-electron chi connectivity index (χ2n) is 10.9. The number of benzene rings is 1. The van der Waals surface area contributed by atoms with Crippen molar-refractivity contribution in [1.82, 2.24) is 14.9 Å². The minimum absolute atomic E-state index is 0.0936. The van der Waals surface area contributed by atoms with E-state index in [0.29, 0.717) is 23.2 Å². The van der Waals surface area contributed by atoms with Gasteiger partial charge >= 0.3 is 0 Å². The molecule has 0 bridgehead atoms. The highest BCUT2D eigenvalue weighted by molar-refractivity contribution is 6.62. The summed E-state index contributed by atoms with van der Waals surface area (Å²) in [6.07, 6.45) is 6.81. The van der Waals surface area contributed by atoms with Gasteiger partial charge in [-0.3, -0.25) is 9.69 Å². The second-order valence-corrected chi connectivity index (χ2v) is 11.4. The lowest BCUT2D eigenvalue weighted by atomic mass is 9.48. The third-order valence-electron chi connectivity index (χ3n) is 7.64. The van der Waals surface area contributed by atoms with Crippen LogP contribution in [0.3, 0.4) is 0 Å². The molecule has 2 aromatic rings. The molecule has 3 heterocycles. The highest BCUT2D eigenvalue weighted by Crippen LogP contribution is 2.50. The number of rotatable bonds is 7. The van der Waals surface area contributed by atoms with Gasteiger partial charge < -0.3 is 14.7 Å². The van der Waals surface area contributed by atoms with E-state index < -0.39 is 5.41 Å². The number of hydrogen-bond acceptors (Lipinski definition) is 6. The fraction of sp³-hybridized carbons (Fsp3) is 0.522. The van der Waals surface area contributed by atoms with E-state index in [4.69, 9.17) is 16.3 Å². The summed E-state index contributed by atoms with van der Waals surface area (Å²) in [6, 6.07) is 5.86. The molecule has 1 aliphatic carbocycles. The van der Waals surface area contributed by atoms with Gasteiger partial charge in [0.25, 0.3) is 0 Å². The summed E-state index contributed by atoms with van der Waals surface area (Å²) >= 11 is 6.36. The van der Waals surface area contributed by atoms with Crippen LogP contribution in [0, 0.1) is 0 Å². The van der Waals surface area contributed by atoms with Crippen LogP contribution in [0.1, 0.15) is 37.1 Å². The number of carbonyl (C=O) groups is 1. The highest BCUT2D eigenvalue weighted by Gasteiger charge is 2.54. The monoisotopic (exact) mass is 478 g/mol. The lowest BCUT2D eigenvalue weighted by Gasteiger charge is -2.40. The molecule has 1 saturated carbocycles. The number of amides is 1. The first-order chi connectivity index (χ1) is 16.2. The minimum atomic E-state index is -0.500. The molecule has 2 fully saturated rings. The van der Waals surface area contributed by atoms with Crippen LogP contribution >= 0.6 is 11.6 Å². The van der Waals surface area contributed by atoms with Gasteiger partial charge in [-0.15, -0.1) is 0 Å². The average molecular weight is 478 g/mol. The smallest absolute Gasteiger partial charge is 0.236 e. The van der Waals surface area contributed by atoms with Crippen LogP contribution in [0.15, 0.2) is 30.6 Å². The summed E-state index contributed by atoms with van der Waals surface area (Å²) in [4.78, 5) is 26.8. The zero-order valence-corrected chi connectivity index (χ0v) is 20.9. The zero-order chi connectivity index (χ0) is 24.1. The van der Waals surface area contributed by atoms with Crippen LogP contribution in [0.25, 0.3) is 0 Å². The summed E-state index contributed by atoms with van der Waals surface area (Å²) in [5.74, 6) is 1.54. The standard InChI is InChI=1S/C23H30B3ClN4O3/c24-23(25,26)31-18-2-1-15(27)11-17(18)22(20(31)33)5-7-30(8-6-22)9-10-34-16-12-28-19(29-13-16)21(14-32)3-4-21/h1-2,11-13,32H,3-10,14,24-26H2. The normalized spacial score (nSPS) is 21.0. The topological polar surface area (TPSA) is 78.8 Å². The van der Waals surface area contributed by atoms with Crippen LogP contribution in [-0.2, 0) is 15.6 Å². The Morgan fingerprint density at radius 1 is 1.12 bits per heavy atom. The summed E-state index contributed by atoms with van der Waals surface area (Å²) in [5.41, 5.74) is 1.34. The van der Waals surface area contributed by atoms with E-state index in [1.54, 1.807) is 12.4 Å². The summed E-state index contributed by atoms with van der Waals surface area (Å²) in [5, 5.41) is 9.92. The number of ether oxygens (including phenoxy) is 1.